The predicted octanol–water partition coefficient (Wildman–Crippen LogP) is 1.57. The molecule has 2 heterocycles. The number of hydrogen-bond acceptors (Lipinski definition) is 10. The maximum atomic E-state index is 5.97. The van der Waals surface area contributed by atoms with Gasteiger partial charge in [0, 0.05) is 32.4 Å². The number of guanidine groups is 1. The predicted molar refractivity (Wildman–Crippen MR) is 96.5 cm³/mol. The third kappa shape index (κ3) is 5.08. The quantitative estimate of drug-likeness (QED) is 0.564. The molecule has 0 aromatic carbocycles. The second kappa shape index (κ2) is 9.04. The topological polar surface area (TPSA) is 118 Å². The van der Waals surface area contributed by atoms with Crippen LogP contribution >= 0.6 is 0 Å². The first kappa shape index (κ1) is 19.5. The van der Waals surface area contributed by atoms with Crippen LogP contribution in [0.2, 0.25) is 6.04 Å². The highest BCUT2D eigenvalue weighted by Gasteiger charge is 2.40. The summed E-state index contributed by atoms with van der Waals surface area (Å²) in [7, 11) is -2.64. The van der Waals surface area contributed by atoms with Crippen LogP contribution in [0, 0.1) is 0 Å². The minimum absolute atomic E-state index is 0.369. The highest BCUT2D eigenvalue weighted by Crippen LogP contribution is 2.20. The number of rotatable bonds is 10. The average molecular weight is 370 g/mol. The smallest absolute Gasteiger partial charge is 0.374 e. The number of aliphatic imine (C=N–C) groups is 2. The lowest BCUT2D eigenvalue weighted by molar-refractivity contribution is 0.0702. The van der Waals surface area contributed by atoms with Crippen LogP contribution < -0.4 is 11.2 Å². The van der Waals surface area contributed by atoms with E-state index in [9.17, 15) is 0 Å². The van der Waals surface area contributed by atoms with Crippen LogP contribution in [0.1, 0.15) is 34.1 Å². The van der Waals surface area contributed by atoms with Crippen LogP contribution in [0.3, 0.4) is 0 Å². The van der Waals surface area contributed by atoms with E-state index in [0.717, 1.165) is 6.42 Å². The molecular weight excluding hydrogens is 342 g/mol. The van der Waals surface area contributed by atoms with Gasteiger partial charge < -0.3 is 19.0 Å². The van der Waals surface area contributed by atoms with E-state index in [4.69, 9.17) is 19.0 Å². The summed E-state index contributed by atoms with van der Waals surface area (Å²) < 4.78 is 17.6. The lowest BCUT2D eigenvalue weighted by atomic mass is 10.5. The Morgan fingerprint density at radius 1 is 1.04 bits per heavy atom. The van der Waals surface area contributed by atoms with Gasteiger partial charge in [-0.3, -0.25) is 10.4 Å². The summed E-state index contributed by atoms with van der Waals surface area (Å²) in [6.07, 6.45) is 0.780. The Kier molecular flexibility index (Phi) is 7.05. The Labute approximate surface area is 149 Å². The fraction of sp³-hybridized carbons (Fsp3) is 0.714. The van der Waals surface area contributed by atoms with Gasteiger partial charge in [-0.25, -0.2) is 4.99 Å². The van der Waals surface area contributed by atoms with E-state index in [-0.39, 0.29) is 0 Å². The van der Waals surface area contributed by atoms with Crippen molar-refractivity contribution >= 4 is 20.6 Å². The van der Waals surface area contributed by atoms with Gasteiger partial charge in [0.05, 0.1) is 0 Å². The van der Waals surface area contributed by atoms with E-state index < -0.39 is 8.80 Å². The van der Waals surface area contributed by atoms with Gasteiger partial charge in [-0.15, -0.1) is 10.2 Å². The molecule has 11 heteroatoms. The summed E-state index contributed by atoms with van der Waals surface area (Å²) in [4.78, 5) is 8.45. The number of hydrazine groups is 1. The maximum absolute atomic E-state index is 5.97. The summed E-state index contributed by atoms with van der Waals surface area (Å²) in [5.41, 5.74) is 9.08. The molecule has 2 rings (SSSR count). The summed E-state index contributed by atoms with van der Waals surface area (Å²) in [5.74, 6) is 1.90. The molecule has 0 bridgehead atoms. The van der Waals surface area contributed by atoms with E-state index in [0.29, 0.717) is 55.8 Å². The van der Waals surface area contributed by atoms with E-state index >= 15 is 0 Å². The molecule has 0 saturated carbocycles. The van der Waals surface area contributed by atoms with Crippen molar-refractivity contribution in [2.24, 2.45) is 25.9 Å². The first-order chi connectivity index (χ1) is 12.0. The number of nitrogens with zero attached hydrogens (tertiary/aromatic N) is 5. The Bertz CT molecular complexity index is 574. The summed E-state index contributed by atoms with van der Waals surface area (Å²) in [6.45, 7) is 9.95. The van der Waals surface area contributed by atoms with Crippen molar-refractivity contribution in [1.82, 2.24) is 10.4 Å². The molecule has 0 aromatic heterocycles. The molecule has 0 amide bonds. The SMILES string of the molecule is CCO[Si](CCCN1NC(=C2N=NC(C)=N2)N=C1N)(OCC)OCC. The first-order valence-corrected chi connectivity index (χ1v) is 10.5. The van der Waals surface area contributed by atoms with Gasteiger partial charge in [0.2, 0.25) is 11.8 Å². The van der Waals surface area contributed by atoms with E-state index in [2.05, 4.69) is 25.6 Å². The highest BCUT2D eigenvalue weighted by atomic mass is 28.4. The van der Waals surface area contributed by atoms with E-state index in [1.165, 1.54) is 0 Å². The van der Waals surface area contributed by atoms with Crippen molar-refractivity contribution in [3.05, 3.63) is 11.6 Å². The molecule has 2 aliphatic rings. The van der Waals surface area contributed by atoms with Crippen molar-refractivity contribution < 1.29 is 13.3 Å². The summed E-state index contributed by atoms with van der Waals surface area (Å²) >= 11 is 0. The Balaban J connectivity index is 1.93. The van der Waals surface area contributed by atoms with Crippen molar-refractivity contribution in [3.8, 4) is 0 Å². The second-order valence-corrected chi connectivity index (χ2v) is 8.08. The van der Waals surface area contributed by atoms with Crippen LogP contribution in [0.25, 0.3) is 0 Å². The van der Waals surface area contributed by atoms with Gasteiger partial charge in [-0.2, -0.15) is 4.99 Å². The van der Waals surface area contributed by atoms with Crippen LogP contribution in [0.15, 0.2) is 31.9 Å². The third-order valence-electron chi connectivity index (χ3n) is 3.47. The normalized spacial score (nSPS) is 20.1. The summed E-state index contributed by atoms with van der Waals surface area (Å²) in [5, 5.41) is 9.58. The molecule has 0 radical (unpaired) electrons. The van der Waals surface area contributed by atoms with Gasteiger partial charge >= 0.3 is 8.80 Å². The van der Waals surface area contributed by atoms with Crippen LogP contribution in [-0.4, -0.2) is 52.0 Å². The van der Waals surface area contributed by atoms with Crippen molar-refractivity contribution in [1.29, 1.82) is 0 Å². The molecule has 10 nitrogen and oxygen atoms in total. The van der Waals surface area contributed by atoms with Crippen LogP contribution in [0.5, 0.6) is 0 Å². The minimum atomic E-state index is -2.64. The molecule has 0 fully saturated rings. The monoisotopic (exact) mass is 369 g/mol. The van der Waals surface area contributed by atoms with Crippen molar-refractivity contribution in [2.75, 3.05) is 26.4 Å². The number of azo groups is 1. The summed E-state index contributed by atoms with van der Waals surface area (Å²) in [6, 6.07) is 0.705. The average Bonchev–Trinajstić information content (AvgIpc) is 3.15. The molecule has 0 saturated heterocycles. The van der Waals surface area contributed by atoms with Gasteiger partial charge in [0.25, 0.3) is 0 Å². The third-order valence-corrected chi connectivity index (χ3v) is 6.62. The molecular formula is C14H27N7O3Si. The van der Waals surface area contributed by atoms with Gasteiger partial charge in [-0.1, -0.05) is 0 Å². The zero-order chi connectivity index (χ0) is 18.3. The highest BCUT2D eigenvalue weighted by molar-refractivity contribution is 6.60. The molecule has 140 valence electrons. The lowest BCUT2D eigenvalue weighted by Gasteiger charge is -2.29. The molecule has 0 aliphatic carbocycles. The molecule has 25 heavy (non-hydrogen) atoms. The zero-order valence-corrected chi connectivity index (χ0v) is 16.3. The van der Waals surface area contributed by atoms with E-state index in [1.54, 1.807) is 11.9 Å². The lowest BCUT2D eigenvalue weighted by Crippen LogP contribution is -2.47. The number of nitrogens with two attached hydrogens (primary N) is 1. The molecule has 0 atom stereocenters. The van der Waals surface area contributed by atoms with Crippen molar-refractivity contribution in [2.45, 2.75) is 40.2 Å². The maximum Gasteiger partial charge on any atom is 0.500 e. The zero-order valence-electron chi connectivity index (χ0n) is 15.3. The van der Waals surface area contributed by atoms with Crippen LogP contribution in [-0.2, 0) is 13.3 Å². The molecule has 0 spiro atoms. The van der Waals surface area contributed by atoms with Gasteiger partial charge in [0.15, 0.2) is 11.7 Å². The standard InChI is InChI=1S/C14H27N7O3Si/c1-5-22-25(23-6-2,24-7-3)10-8-9-21-14(15)17-13(20-21)12-16-11(4)18-19-12/h20H,5-10H2,1-4H3,(H2,15,17). The molecule has 0 unspecified atom stereocenters. The molecule has 0 aromatic rings. The van der Waals surface area contributed by atoms with Gasteiger partial charge in [0.1, 0.15) is 0 Å². The Morgan fingerprint density at radius 2 is 1.68 bits per heavy atom. The van der Waals surface area contributed by atoms with Crippen LogP contribution in [0.4, 0.5) is 0 Å². The van der Waals surface area contributed by atoms with E-state index in [1.807, 2.05) is 20.8 Å². The molecule has 2 aliphatic heterocycles. The number of amidine groups is 1. The largest absolute Gasteiger partial charge is 0.500 e. The Hall–Kier alpha value is -1.82. The Morgan fingerprint density at radius 3 is 2.20 bits per heavy atom. The second-order valence-electron chi connectivity index (χ2n) is 5.35. The first-order valence-electron chi connectivity index (χ1n) is 8.55. The minimum Gasteiger partial charge on any atom is -0.374 e. The number of hydrogen-bond donors (Lipinski definition) is 2. The van der Waals surface area contributed by atoms with Crippen molar-refractivity contribution in [3.63, 3.8) is 0 Å². The fourth-order valence-electron chi connectivity index (χ4n) is 2.53. The fourth-order valence-corrected chi connectivity index (χ4v) is 5.12. The van der Waals surface area contributed by atoms with Gasteiger partial charge in [-0.05, 0) is 34.1 Å². The number of nitrogens with one attached hydrogen (secondary N) is 1. The molecule has 3 N–H and O–H groups in total.